The van der Waals surface area contributed by atoms with Crippen molar-refractivity contribution in [3.05, 3.63) is 53.4 Å². The van der Waals surface area contributed by atoms with Crippen LogP contribution >= 0.6 is 0 Å². The summed E-state index contributed by atoms with van der Waals surface area (Å²) in [5.74, 6) is -1.76. The van der Waals surface area contributed by atoms with Crippen LogP contribution in [-0.4, -0.2) is 60.9 Å². The fourth-order valence-corrected chi connectivity index (χ4v) is 4.30. The van der Waals surface area contributed by atoms with Gasteiger partial charge in [0.15, 0.2) is 5.78 Å². The molecule has 4 rings (SSSR count). The summed E-state index contributed by atoms with van der Waals surface area (Å²) < 4.78 is 44.4. The first-order valence-corrected chi connectivity index (χ1v) is 10.9. The molecule has 1 saturated carbocycles. The molecule has 2 aromatic rings. The Morgan fingerprint density at radius 3 is 2.45 bits per heavy atom. The zero-order valence-corrected chi connectivity index (χ0v) is 18.0. The van der Waals surface area contributed by atoms with Crippen LogP contribution in [0.4, 0.5) is 18.9 Å². The molecule has 1 aliphatic carbocycles. The molecule has 10 heteroatoms. The number of Topliss-reactive ketones (excluding diaryl/α,β-unsaturated/α-hetero) is 1. The minimum Gasteiger partial charge on any atom is -0.378 e. The van der Waals surface area contributed by atoms with Gasteiger partial charge in [-0.15, -0.1) is 0 Å². The van der Waals surface area contributed by atoms with Crippen molar-refractivity contribution in [2.24, 2.45) is 0 Å². The minimum atomic E-state index is -3.18. The summed E-state index contributed by atoms with van der Waals surface area (Å²) in [4.78, 5) is 33.6. The van der Waals surface area contributed by atoms with Crippen molar-refractivity contribution in [3.8, 4) is 0 Å². The smallest absolute Gasteiger partial charge is 0.315 e. The van der Waals surface area contributed by atoms with Crippen molar-refractivity contribution >= 4 is 17.4 Å². The lowest BCUT2D eigenvalue weighted by molar-refractivity contribution is -0.131. The van der Waals surface area contributed by atoms with E-state index in [-0.39, 0.29) is 16.8 Å². The van der Waals surface area contributed by atoms with E-state index < -0.39 is 24.7 Å². The maximum atomic E-state index is 14.6. The number of anilines is 1. The monoisotopic (exact) mass is 462 g/mol. The number of ether oxygens (including phenoxy) is 1. The number of alkyl halides is 2. The van der Waals surface area contributed by atoms with Crippen LogP contribution in [0.2, 0.25) is 0 Å². The Morgan fingerprint density at radius 1 is 1.15 bits per heavy atom. The van der Waals surface area contributed by atoms with E-state index in [1.165, 1.54) is 18.5 Å². The van der Waals surface area contributed by atoms with Gasteiger partial charge in [-0.2, -0.15) is 8.78 Å². The Hall–Kier alpha value is -3.01. The Bertz CT molecular complexity index is 1010. The number of carbonyl (C=O) groups is 2. The molecule has 2 heterocycles. The second kappa shape index (κ2) is 9.86. The number of aromatic nitrogens is 2. The summed E-state index contributed by atoms with van der Waals surface area (Å²) in [5, 5.41) is 1.87. The lowest BCUT2D eigenvalue weighted by Gasteiger charge is -2.43. The average Bonchev–Trinajstić information content (AvgIpc) is 2.81. The number of carbonyl (C=O) groups excluding carboxylic acids is 2. The maximum Gasteiger partial charge on any atom is 0.315 e. The molecule has 7 nitrogen and oxygen atoms in total. The Balaban J connectivity index is 1.46. The van der Waals surface area contributed by atoms with Crippen LogP contribution in [0.15, 0.2) is 30.6 Å². The molecule has 1 amide bonds. The maximum absolute atomic E-state index is 14.6. The van der Waals surface area contributed by atoms with Crippen molar-refractivity contribution in [1.29, 1.82) is 0 Å². The van der Waals surface area contributed by atoms with Crippen molar-refractivity contribution in [2.45, 2.75) is 37.5 Å². The zero-order valence-electron chi connectivity index (χ0n) is 18.0. The van der Waals surface area contributed by atoms with Crippen LogP contribution in [0.3, 0.4) is 0 Å². The normalized spacial score (nSPS) is 17.5. The van der Waals surface area contributed by atoms with Gasteiger partial charge in [0, 0.05) is 37.3 Å². The molecule has 1 aliphatic heterocycles. The first-order chi connectivity index (χ1) is 15.9. The molecule has 1 saturated heterocycles. The highest BCUT2D eigenvalue weighted by molar-refractivity contribution is 5.99. The van der Waals surface area contributed by atoms with E-state index in [1.807, 2.05) is 22.3 Å². The van der Waals surface area contributed by atoms with Gasteiger partial charge in [0.05, 0.1) is 31.0 Å². The molecule has 0 atom stereocenters. The van der Waals surface area contributed by atoms with E-state index in [1.54, 1.807) is 0 Å². The summed E-state index contributed by atoms with van der Waals surface area (Å²) in [6.07, 6.45) is 2.94. The Morgan fingerprint density at radius 2 is 1.85 bits per heavy atom. The van der Waals surface area contributed by atoms with Crippen molar-refractivity contribution in [3.63, 3.8) is 0 Å². The predicted octanol–water partition coefficient (Wildman–Crippen LogP) is 2.68. The van der Waals surface area contributed by atoms with E-state index in [0.717, 1.165) is 24.8 Å². The standard InChI is InChI=1S/C23H25F3N4O3/c24-17-3-2-16(10-18(17)30-6-8-33-9-7-30)23(4-1-5-23)11-20-27-12-15(13-28-20)19(31)14-29-22(32)21(25)26/h2-3,10,12-13,21H,1,4-9,11,14H2,(H,29,32). The molecule has 1 N–H and O–H groups in total. The average molecular weight is 462 g/mol. The van der Waals surface area contributed by atoms with E-state index in [9.17, 15) is 22.8 Å². The van der Waals surface area contributed by atoms with Gasteiger partial charge in [0.25, 0.3) is 5.91 Å². The quantitative estimate of drug-likeness (QED) is 0.608. The molecule has 0 bridgehead atoms. The summed E-state index contributed by atoms with van der Waals surface area (Å²) in [6, 6.07) is 5.25. The highest BCUT2D eigenvalue weighted by Crippen LogP contribution is 2.46. The van der Waals surface area contributed by atoms with Gasteiger partial charge in [0.2, 0.25) is 0 Å². The van der Waals surface area contributed by atoms with Gasteiger partial charge in [-0.3, -0.25) is 9.59 Å². The number of morpholine rings is 1. The molecular weight excluding hydrogens is 437 g/mol. The summed E-state index contributed by atoms with van der Waals surface area (Å²) in [6.45, 7) is 1.88. The lowest BCUT2D eigenvalue weighted by Crippen LogP contribution is -2.39. The number of benzene rings is 1. The second-order valence-electron chi connectivity index (χ2n) is 8.41. The number of nitrogens with one attached hydrogen (secondary N) is 1. The first kappa shape index (κ1) is 23.2. The number of nitrogens with zero attached hydrogens (tertiary/aromatic N) is 3. The van der Waals surface area contributed by atoms with Gasteiger partial charge in [-0.1, -0.05) is 12.5 Å². The molecule has 0 radical (unpaired) electrons. The van der Waals surface area contributed by atoms with E-state index in [2.05, 4.69) is 9.97 Å². The fraction of sp³-hybridized carbons (Fsp3) is 0.478. The fourth-order valence-electron chi connectivity index (χ4n) is 4.30. The molecule has 1 aromatic carbocycles. The highest BCUT2D eigenvalue weighted by atomic mass is 19.3. The highest BCUT2D eigenvalue weighted by Gasteiger charge is 2.40. The molecule has 2 fully saturated rings. The van der Waals surface area contributed by atoms with Gasteiger partial charge in [-0.25, -0.2) is 14.4 Å². The van der Waals surface area contributed by atoms with Crippen LogP contribution in [0.25, 0.3) is 0 Å². The molecule has 0 spiro atoms. The van der Waals surface area contributed by atoms with Crippen molar-refractivity contribution in [1.82, 2.24) is 15.3 Å². The van der Waals surface area contributed by atoms with E-state index >= 15 is 0 Å². The van der Waals surface area contributed by atoms with Gasteiger partial charge < -0.3 is 15.0 Å². The first-order valence-electron chi connectivity index (χ1n) is 10.9. The third kappa shape index (κ3) is 5.16. The minimum absolute atomic E-state index is 0.132. The number of ketones is 1. The number of hydrogen-bond donors (Lipinski definition) is 1. The number of halogens is 3. The third-order valence-electron chi connectivity index (χ3n) is 6.37. The SMILES string of the molecule is O=C(CNC(=O)C(F)F)c1cnc(CC2(c3ccc(F)c(N4CCOCC4)c3)CCC2)nc1. The summed E-state index contributed by atoms with van der Waals surface area (Å²) in [7, 11) is 0. The topological polar surface area (TPSA) is 84.4 Å². The van der Waals surface area contributed by atoms with E-state index in [4.69, 9.17) is 4.74 Å². The molecule has 2 aliphatic rings. The van der Waals surface area contributed by atoms with Gasteiger partial charge >= 0.3 is 6.43 Å². The third-order valence-corrected chi connectivity index (χ3v) is 6.37. The van der Waals surface area contributed by atoms with Crippen LogP contribution < -0.4 is 10.2 Å². The van der Waals surface area contributed by atoms with Crippen LogP contribution in [0.1, 0.15) is 41.0 Å². The molecule has 0 unspecified atom stereocenters. The van der Waals surface area contributed by atoms with Crippen molar-refractivity contribution < 1.29 is 27.5 Å². The largest absolute Gasteiger partial charge is 0.378 e. The second-order valence-corrected chi connectivity index (χ2v) is 8.41. The van der Waals surface area contributed by atoms with Gasteiger partial charge in [-0.05, 0) is 30.5 Å². The number of amides is 1. The number of hydrogen-bond acceptors (Lipinski definition) is 6. The summed E-state index contributed by atoms with van der Waals surface area (Å²) >= 11 is 0. The van der Waals surface area contributed by atoms with Crippen LogP contribution in [0, 0.1) is 5.82 Å². The molecule has 33 heavy (non-hydrogen) atoms. The molecule has 1 aromatic heterocycles. The predicted molar refractivity (Wildman–Crippen MR) is 114 cm³/mol. The van der Waals surface area contributed by atoms with Crippen molar-refractivity contribution in [2.75, 3.05) is 37.7 Å². The Labute approximate surface area is 189 Å². The van der Waals surface area contributed by atoms with Crippen LogP contribution in [0.5, 0.6) is 0 Å². The lowest BCUT2D eigenvalue weighted by atomic mass is 9.62. The van der Waals surface area contributed by atoms with E-state index in [0.29, 0.717) is 44.2 Å². The molecular formula is C23H25F3N4O3. The molecule has 176 valence electrons. The van der Waals surface area contributed by atoms with Crippen LogP contribution in [-0.2, 0) is 21.4 Å². The zero-order chi connectivity index (χ0) is 23.4. The Kier molecular flexibility index (Phi) is 6.92. The summed E-state index contributed by atoms with van der Waals surface area (Å²) in [5.41, 5.74) is 1.54. The van der Waals surface area contributed by atoms with Gasteiger partial charge in [0.1, 0.15) is 11.6 Å². The number of rotatable bonds is 8.